The van der Waals surface area contributed by atoms with Crippen LogP contribution in [0.5, 0.6) is 0 Å². The summed E-state index contributed by atoms with van der Waals surface area (Å²) in [7, 11) is 1.52. The maximum Gasteiger partial charge on any atom is 0.165 e. The van der Waals surface area contributed by atoms with Gasteiger partial charge in [-0.05, 0) is 18.6 Å². The topological polar surface area (TPSA) is 26.3 Å². The second kappa shape index (κ2) is 5.13. The predicted molar refractivity (Wildman–Crippen MR) is 56.6 cm³/mol. The zero-order valence-corrected chi connectivity index (χ0v) is 9.04. The zero-order chi connectivity index (χ0) is 10.6. The smallest absolute Gasteiger partial charge is 0.165 e. The van der Waals surface area contributed by atoms with Gasteiger partial charge in [0.25, 0.3) is 0 Å². The average Bonchev–Trinajstić information content (AvgIpc) is 2.20. The first kappa shape index (κ1) is 11.2. The SMILES string of the molecule is COC(C)C(=O)Cc1ccccc1Cl. The van der Waals surface area contributed by atoms with Crippen molar-refractivity contribution in [2.75, 3.05) is 7.11 Å². The van der Waals surface area contributed by atoms with Gasteiger partial charge in [-0.1, -0.05) is 29.8 Å². The van der Waals surface area contributed by atoms with Gasteiger partial charge in [0, 0.05) is 18.6 Å². The van der Waals surface area contributed by atoms with Gasteiger partial charge in [0.1, 0.15) is 6.10 Å². The van der Waals surface area contributed by atoms with Crippen LogP contribution in [0, 0.1) is 0 Å². The first-order valence-electron chi connectivity index (χ1n) is 4.44. The number of methoxy groups -OCH3 is 1. The Balaban J connectivity index is 2.70. The molecule has 1 unspecified atom stereocenters. The van der Waals surface area contributed by atoms with Crippen LogP contribution in [0.2, 0.25) is 5.02 Å². The molecule has 2 nitrogen and oxygen atoms in total. The fourth-order valence-electron chi connectivity index (χ4n) is 1.10. The number of carbonyl (C=O) groups excluding carboxylic acids is 1. The van der Waals surface area contributed by atoms with Gasteiger partial charge in [0.05, 0.1) is 0 Å². The number of hydrogen-bond donors (Lipinski definition) is 0. The molecule has 1 aromatic carbocycles. The summed E-state index contributed by atoms with van der Waals surface area (Å²) in [4.78, 5) is 11.5. The van der Waals surface area contributed by atoms with Crippen LogP contribution < -0.4 is 0 Å². The minimum absolute atomic E-state index is 0.0422. The number of rotatable bonds is 4. The Kier molecular flexibility index (Phi) is 4.11. The number of Topliss-reactive ketones (excluding diaryl/α,β-unsaturated/α-hetero) is 1. The van der Waals surface area contributed by atoms with E-state index < -0.39 is 0 Å². The minimum Gasteiger partial charge on any atom is -0.374 e. The molecular formula is C11H13ClO2. The number of halogens is 1. The van der Waals surface area contributed by atoms with Crippen LogP contribution in [0.3, 0.4) is 0 Å². The van der Waals surface area contributed by atoms with Crippen LogP contribution in [0.4, 0.5) is 0 Å². The number of ketones is 1. The van der Waals surface area contributed by atoms with Gasteiger partial charge in [-0.15, -0.1) is 0 Å². The van der Waals surface area contributed by atoms with Gasteiger partial charge >= 0.3 is 0 Å². The maximum atomic E-state index is 11.5. The van der Waals surface area contributed by atoms with E-state index in [1.165, 1.54) is 7.11 Å². The molecule has 0 aromatic heterocycles. The number of hydrogen-bond acceptors (Lipinski definition) is 2. The Morgan fingerprint density at radius 3 is 2.71 bits per heavy atom. The van der Waals surface area contributed by atoms with Gasteiger partial charge < -0.3 is 4.74 Å². The van der Waals surface area contributed by atoms with Crippen molar-refractivity contribution in [3.05, 3.63) is 34.9 Å². The highest BCUT2D eigenvalue weighted by Crippen LogP contribution is 2.16. The highest BCUT2D eigenvalue weighted by atomic mass is 35.5. The van der Waals surface area contributed by atoms with E-state index in [1.54, 1.807) is 13.0 Å². The molecule has 0 radical (unpaired) electrons. The lowest BCUT2D eigenvalue weighted by Crippen LogP contribution is -2.21. The average molecular weight is 213 g/mol. The standard InChI is InChI=1S/C11H13ClO2/c1-8(14-2)11(13)7-9-5-3-4-6-10(9)12/h3-6,8H,7H2,1-2H3. The molecule has 0 N–H and O–H groups in total. The molecule has 0 aliphatic carbocycles. The predicted octanol–water partition coefficient (Wildman–Crippen LogP) is 2.49. The highest BCUT2D eigenvalue weighted by molar-refractivity contribution is 6.31. The first-order valence-corrected chi connectivity index (χ1v) is 4.82. The molecule has 0 aliphatic heterocycles. The number of carbonyl (C=O) groups is 1. The Labute approximate surface area is 88.8 Å². The number of benzene rings is 1. The van der Waals surface area contributed by atoms with Crippen molar-refractivity contribution in [1.29, 1.82) is 0 Å². The van der Waals surface area contributed by atoms with E-state index >= 15 is 0 Å². The van der Waals surface area contributed by atoms with Crippen molar-refractivity contribution >= 4 is 17.4 Å². The van der Waals surface area contributed by atoms with Crippen LogP contribution >= 0.6 is 11.6 Å². The summed E-state index contributed by atoms with van der Waals surface area (Å²) in [6.45, 7) is 1.74. The lowest BCUT2D eigenvalue weighted by atomic mass is 10.1. The van der Waals surface area contributed by atoms with Crippen LogP contribution in [0.25, 0.3) is 0 Å². The lowest BCUT2D eigenvalue weighted by Gasteiger charge is -2.08. The van der Waals surface area contributed by atoms with Crippen molar-refractivity contribution < 1.29 is 9.53 Å². The third-order valence-electron chi connectivity index (χ3n) is 2.13. The monoisotopic (exact) mass is 212 g/mol. The molecule has 76 valence electrons. The molecule has 14 heavy (non-hydrogen) atoms. The molecule has 1 rings (SSSR count). The summed E-state index contributed by atoms with van der Waals surface area (Å²) in [5, 5.41) is 0.629. The Morgan fingerprint density at radius 2 is 2.14 bits per heavy atom. The Bertz CT molecular complexity index is 323. The second-order valence-electron chi connectivity index (χ2n) is 3.11. The molecule has 1 aromatic rings. The van der Waals surface area contributed by atoms with E-state index in [-0.39, 0.29) is 11.9 Å². The molecule has 0 aliphatic rings. The van der Waals surface area contributed by atoms with E-state index in [0.717, 1.165) is 5.56 Å². The van der Waals surface area contributed by atoms with Crippen molar-refractivity contribution in [1.82, 2.24) is 0 Å². The van der Waals surface area contributed by atoms with Gasteiger partial charge in [0.15, 0.2) is 5.78 Å². The summed E-state index contributed by atoms with van der Waals surface area (Å²) in [5.41, 5.74) is 0.850. The van der Waals surface area contributed by atoms with Gasteiger partial charge in [-0.3, -0.25) is 4.79 Å². The minimum atomic E-state index is -0.369. The van der Waals surface area contributed by atoms with Crippen molar-refractivity contribution in [2.24, 2.45) is 0 Å². The summed E-state index contributed by atoms with van der Waals surface area (Å²) in [6, 6.07) is 7.34. The molecule has 0 spiro atoms. The Hall–Kier alpha value is -0.860. The fraction of sp³-hybridized carbons (Fsp3) is 0.364. The van der Waals surface area contributed by atoms with E-state index in [9.17, 15) is 4.79 Å². The molecule has 0 saturated heterocycles. The third-order valence-corrected chi connectivity index (χ3v) is 2.50. The van der Waals surface area contributed by atoms with Crippen LogP contribution in [0.15, 0.2) is 24.3 Å². The molecule has 0 saturated carbocycles. The zero-order valence-electron chi connectivity index (χ0n) is 8.29. The molecule has 1 atom stereocenters. The fourth-order valence-corrected chi connectivity index (χ4v) is 1.31. The molecule has 0 fully saturated rings. The van der Waals surface area contributed by atoms with Crippen LogP contribution in [-0.4, -0.2) is 19.0 Å². The lowest BCUT2D eigenvalue weighted by molar-refractivity contribution is -0.127. The summed E-state index contributed by atoms with van der Waals surface area (Å²) in [5.74, 6) is 0.0422. The first-order chi connectivity index (χ1) is 6.65. The molecular weight excluding hydrogens is 200 g/mol. The van der Waals surface area contributed by atoms with Crippen molar-refractivity contribution in [2.45, 2.75) is 19.4 Å². The van der Waals surface area contributed by atoms with Crippen LogP contribution in [0.1, 0.15) is 12.5 Å². The highest BCUT2D eigenvalue weighted by Gasteiger charge is 2.13. The molecule has 0 bridgehead atoms. The summed E-state index contributed by atoms with van der Waals surface area (Å²) < 4.78 is 4.93. The largest absolute Gasteiger partial charge is 0.374 e. The Morgan fingerprint density at radius 1 is 1.50 bits per heavy atom. The third kappa shape index (κ3) is 2.82. The van der Waals surface area contributed by atoms with Crippen molar-refractivity contribution in [3.8, 4) is 0 Å². The van der Waals surface area contributed by atoms with E-state index in [1.807, 2.05) is 18.2 Å². The molecule has 3 heteroatoms. The van der Waals surface area contributed by atoms with Crippen molar-refractivity contribution in [3.63, 3.8) is 0 Å². The van der Waals surface area contributed by atoms with Gasteiger partial charge in [-0.2, -0.15) is 0 Å². The van der Waals surface area contributed by atoms with Gasteiger partial charge in [-0.25, -0.2) is 0 Å². The second-order valence-corrected chi connectivity index (χ2v) is 3.52. The van der Waals surface area contributed by atoms with E-state index in [4.69, 9.17) is 16.3 Å². The molecule has 0 amide bonds. The van der Waals surface area contributed by atoms with Gasteiger partial charge in [0.2, 0.25) is 0 Å². The van der Waals surface area contributed by atoms with Crippen LogP contribution in [-0.2, 0) is 16.0 Å². The normalized spacial score (nSPS) is 12.5. The van der Waals surface area contributed by atoms with E-state index in [0.29, 0.717) is 11.4 Å². The summed E-state index contributed by atoms with van der Waals surface area (Å²) >= 11 is 5.92. The summed E-state index contributed by atoms with van der Waals surface area (Å²) in [6.07, 6.45) is -0.0411. The number of ether oxygens (including phenoxy) is 1. The molecule has 0 heterocycles. The maximum absolute atomic E-state index is 11.5. The quantitative estimate of drug-likeness (QED) is 0.767. The van der Waals surface area contributed by atoms with E-state index in [2.05, 4.69) is 0 Å².